The summed E-state index contributed by atoms with van der Waals surface area (Å²) < 4.78 is 33.0. The van der Waals surface area contributed by atoms with E-state index in [1.165, 1.54) is 12.1 Å². The number of amides is 1. The lowest BCUT2D eigenvalue weighted by atomic mass is 10.2. The molecule has 0 spiro atoms. The molecule has 7 nitrogen and oxygen atoms in total. The Hall–Kier alpha value is -2.16. The van der Waals surface area contributed by atoms with Gasteiger partial charge in [0.1, 0.15) is 11.5 Å². The maximum Gasteiger partial charge on any atom is 0.253 e. The van der Waals surface area contributed by atoms with E-state index in [-0.39, 0.29) is 17.3 Å². The van der Waals surface area contributed by atoms with Crippen molar-refractivity contribution in [2.24, 2.45) is 0 Å². The van der Waals surface area contributed by atoms with Crippen LogP contribution in [-0.4, -0.2) is 51.9 Å². The van der Waals surface area contributed by atoms with Crippen LogP contribution < -0.4 is 10.0 Å². The number of benzene rings is 1. The highest BCUT2D eigenvalue weighted by molar-refractivity contribution is 7.89. The maximum absolute atomic E-state index is 12.6. The Bertz CT molecular complexity index is 870. The second-order valence-electron chi connectivity index (χ2n) is 6.23. The molecule has 1 aliphatic rings. The quantitative estimate of drug-likeness (QED) is 0.788. The minimum Gasteiger partial charge on any atom is -0.466 e. The molecule has 1 aliphatic heterocycles. The Morgan fingerprint density at radius 2 is 2.00 bits per heavy atom. The van der Waals surface area contributed by atoms with Gasteiger partial charge in [-0.15, -0.1) is 0 Å². The number of piperazine rings is 1. The Morgan fingerprint density at radius 3 is 2.69 bits per heavy atom. The third-order valence-electron chi connectivity index (χ3n) is 4.25. The summed E-state index contributed by atoms with van der Waals surface area (Å²) in [6, 6.07) is 9.85. The topological polar surface area (TPSA) is 91.7 Å². The number of rotatable bonds is 6. The van der Waals surface area contributed by atoms with E-state index in [4.69, 9.17) is 4.42 Å². The molecule has 2 N–H and O–H groups in total. The van der Waals surface area contributed by atoms with Gasteiger partial charge in [-0.05, 0) is 37.3 Å². The lowest BCUT2D eigenvalue weighted by molar-refractivity contribution is 0.0735. The molecule has 1 fully saturated rings. The molecule has 140 valence electrons. The largest absolute Gasteiger partial charge is 0.466 e. The highest BCUT2D eigenvalue weighted by Crippen LogP contribution is 2.14. The Kier molecular flexibility index (Phi) is 5.75. The van der Waals surface area contributed by atoms with E-state index >= 15 is 0 Å². The number of carbonyl (C=O) groups excluding carboxylic acids is 1. The molecule has 8 heteroatoms. The molecule has 26 heavy (non-hydrogen) atoms. The number of carbonyl (C=O) groups is 1. The minimum absolute atomic E-state index is 0.0918. The predicted octanol–water partition coefficient (Wildman–Crippen LogP) is 1.15. The first-order chi connectivity index (χ1) is 12.5. The van der Waals surface area contributed by atoms with Gasteiger partial charge in [0.05, 0.1) is 4.90 Å². The van der Waals surface area contributed by atoms with Gasteiger partial charge in [-0.2, -0.15) is 0 Å². The zero-order valence-corrected chi connectivity index (χ0v) is 15.5. The molecule has 0 aliphatic carbocycles. The fraction of sp³-hybridized carbons (Fsp3) is 0.389. The smallest absolute Gasteiger partial charge is 0.253 e. The molecule has 0 bridgehead atoms. The first-order valence-corrected chi connectivity index (χ1v) is 10.1. The summed E-state index contributed by atoms with van der Waals surface area (Å²) in [5.74, 6) is 1.38. The molecule has 2 heterocycles. The number of nitrogens with zero attached hydrogens (tertiary/aromatic N) is 1. The van der Waals surface area contributed by atoms with Gasteiger partial charge in [0.15, 0.2) is 0 Å². The van der Waals surface area contributed by atoms with Crippen LogP contribution in [0.4, 0.5) is 0 Å². The van der Waals surface area contributed by atoms with E-state index in [1.54, 1.807) is 17.0 Å². The van der Waals surface area contributed by atoms with Crippen LogP contribution in [0.5, 0.6) is 0 Å². The van der Waals surface area contributed by atoms with Crippen molar-refractivity contribution in [1.82, 2.24) is 14.9 Å². The summed E-state index contributed by atoms with van der Waals surface area (Å²) in [5.41, 5.74) is 0.386. The van der Waals surface area contributed by atoms with E-state index in [0.717, 1.165) is 24.6 Å². The maximum atomic E-state index is 12.6. The molecule has 0 saturated carbocycles. The molecule has 1 saturated heterocycles. The SMILES string of the molecule is Cc1ccc(CCNS(=O)(=O)c2cccc(C(=O)N3CCNCC3)c2)o1. The summed E-state index contributed by atoms with van der Waals surface area (Å²) in [5, 5.41) is 3.19. The van der Waals surface area contributed by atoms with Crippen molar-refractivity contribution in [3.8, 4) is 0 Å². The van der Waals surface area contributed by atoms with Gasteiger partial charge in [0.25, 0.3) is 5.91 Å². The number of furan rings is 1. The van der Waals surface area contributed by atoms with E-state index in [0.29, 0.717) is 25.1 Å². The zero-order chi connectivity index (χ0) is 18.6. The van der Waals surface area contributed by atoms with Gasteiger partial charge in [-0.25, -0.2) is 13.1 Å². The van der Waals surface area contributed by atoms with Crippen molar-refractivity contribution in [3.05, 3.63) is 53.5 Å². The molecule has 1 amide bonds. The molecule has 2 aromatic rings. The van der Waals surface area contributed by atoms with Gasteiger partial charge in [-0.1, -0.05) is 6.07 Å². The summed E-state index contributed by atoms with van der Waals surface area (Å²) in [6.45, 7) is 4.81. The van der Waals surface area contributed by atoms with Gasteiger partial charge in [-0.3, -0.25) is 4.79 Å². The van der Waals surface area contributed by atoms with E-state index in [9.17, 15) is 13.2 Å². The number of nitrogens with one attached hydrogen (secondary N) is 2. The van der Waals surface area contributed by atoms with Crippen molar-refractivity contribution in [2.45, 2.75) is 18.2 Å². The predicted molar refractivity (Wildman–Crippen MR) is 97.6 cm³/mol. The molecule has 0 radical (unpaired) electrons. The lowest BCUT2D eigenvalue weighted by Gasteiger charge is -2.27. The second kappa shape index (κ2) is 8.03. The van der Waals surface area contributed by atoms with Crippen molar-refractivity contribution in [2.75, 3.05) is 32.7 Å². The van der Waals surface area contributed by atoms with E-state index < -0.39 is 10.0 Å². The highest BCUT2D eigenvalue weighted by atomic mass is 32.2. The number of aryl methyl sites for hydroxylation is 1. The first-order valence-electron chi connectivity index (χ1n) is 8.61. The van der Waals surface area contributed by atoms with Gasteiger partial charge >= 0.3 is 0 Å². The van der Waals surface area contributed by atoms with Crippen LogP contribution in [0.15, 0.2) is 45.7 Å². The van der Waals surface area contributed by atoms with Gasteiger partial charge < -0.3 is 14.6 Å². The first kappa shape index (κ1) is 18.6. The third kappa shape index (κ3) is 4.51. The average molecular weight is 377 g/mol. The summed E-state index contributed by atoms with van der Waals surface area (Å²) in [4.78, 5) is 14.4. The molecule has 1 aromatic heterocycles. The Labute approximate surface area is 153 Å². The van der Waals surface area contributed by atoms with E-state index in [1.807, 2.05) is 19.1 Å². The standard InChI is InChI=1S/C18H23N3O4S/c1-14-5-6-16(25-14)7-8-20-26(23,24)17-4-2-3-15(13-17)18(22)21-11-9-19-10-12-21/h2-6,13,19-20H,7-12H2,1H3. The van der Waals surface area contributed by atoms with Crippen LogP contribution in [0.1, 0.15) is 21.9 Å². The van der Waals surface area contributed by atoms with Crippen LogP contribution in [-0.2, 0) is 16.4 Å². The van der Waals surface area contributed by atoms with Crippen molar-refractivity contribution in [3.63, 3.8) is 0 Å². The van der Waals surface area contributed by atoms with Crippen LogP contribution >= 0.6 is 0 Å². The van der Waals surface area contributed by atoms with Crippen LogP contribution in [0.3, 0.4) is 0 Å². The average Bonchev–Trinajstić information content (AvgIpc) is 3.07. The molecular formula is C18H23N3O4S. The number of hydrogen-bond acceptors (Lipinski definition) is 5. The van der Waals surface area contributed by atoms with Crippen LogP contribution in [0.2, 0.25) is 0 Å². The molecule has 1 aromatic carbocycles. The second-order valence-corrected chi connectivity index (χ2v) is 8.00. The van der Waals surface area contributed by atoms with Gasteiger partial charge in [0, 0.05) is 44.7 Å². The lowest BCUT2D eigenvalue weighted by Crippen LogP contribution is -2.46. The fourth-order valence-corrected chi connectivity index (χ4v) is 3.94. The van der Waals surface area contributed by atoms with Crippen molar-refractivity contribution >= 4 is 15.9 Å². The number of sulfonamides is 1. The zero-order valence-electron chi connectivity index (χ0n) is 14.7. The third-order valence-corrected chi connectivity index (χ3v) is 5.71. The van der Waals surface area contributed by atoms with Gasteiger partial charge in [0.2, 0.25) is 10.0 Å². The van der Waals surface area contributed by atoms with E-state index in [2.05, 4.69) is 10.0 Å². The molecule has 3 rings (SSSR count). The Balaban J connectivity index is 1.66. The molecule has 0 unspecified atom stereocenters. The van der Waals surface area contributed by atoms with Crippen molar-refractivity contribution < 1.29 is 17.6 Å². The fourth-order valence-electron chi connectivity index (χ4n) is 2.86. The summed E-state index contributed by atoms with van der Waals surface area (Å²) in [7, 11) is -3.69. The summed E-state index contributed by atoms with van der Waals surface area (Å²) >= 11 is 0. The summed E-state index contributed by atoms with van der Waals surface area (Å²) in [6.07, 6.45) is 0.465. The van der Waals surface area contributed by atoms with Crippen LogP contribution in [0.25, 0.3) is 0 Å². The van der Waals surface area contributed by atoms with Crippen molar-refractivity contribution in [1.29, 1.82) is 0 Å². The number of hydrogen-bond donors (Lipinski definition) is 2. The normalized spacial score (nSPS) is 15.2. The highest BCUT2D eigenvalue weighted by Gasteiger charge is 2.20. The Morgan fingerprint density at radius 1 is 1.23 bits per heavy atom. The molecular weight excluding hydrogens is 354 g/mol. The minimum atomic E-state index is -3.69. The van der Waals surface area contributed by atoms with Crippen LogP contribution in [0, 0.1) is 6.92 Å². The monoisotopic (exact) mass is 377 g/mol. The molecule has 0 atom stereocenters.